The van der Waals surface area contributed by atoms with E-state index in [-0.39, 0.29) is 18.0 Å². The van der Waals surface area contributed by atoms with Gasteiger partial charge < -0.3 is 10.5 Å². The zero-order valence-corrected chi connectivity index (χ0v) is 11.7. The quantitative estimate of drug-likeness (QED) is 0.908. The van der Waals surface area contributed by atoms with E-state index in [0.29, 0.717) is 11.1 Å². The predicted octanol–water partition coefficient (Wildman–Crippen LogP) is 3.45. The van der Waals surface area contributed by atoms with Crippen molar-refractivity contribution in [3.8, 4) is 5.75 Å². The minimum atomic E-state index is -0.250. The number of nitrogens with two attached hydrogens (primary N) is 1. The normalized spacial score (nSPS) is 18.5. The number of hydrogen-bond donors (Lipinski definition) is 1. The highest BCUT2D eigenvalue weighted by Crippen LogP contribution is 2.33. The van der Waals surface area contributed by atoms with Crippen LogP contribution in [0, 0.1) is 19.7 Å². The molecule has 0 fully saturated rings. The van der Waals surface area contributed by atoms with Crippen molar-refractivity contribution in [2.75, 3.05) is 0 Å². The molecule has 1 aliphatic heterocycles. The van der Waals surface area contributed by atoms with Gasteiger partial charge in [-0.05, 0) is 42.2 Å². The van der Waals surface area contributed by atoms with E-state index in [1.807, 2.05) is 30.3 Å². The average Bonchev–Trinajstić information content (AvgIpc) is 2.87. The molecule has 1 aliphatic rings. The van der Waals surface area contributed by atoms with E-state index in [2.05, 4.69) is 6.07 Å². The molecule has 0 saturated carbocycles. The fourth-order valence-corrected chi connectivity index (χ4v) is 2.80. The van der Waals surface area contributed by atoms with Gasteiger partial charge in [-0.2, -0.15) is 0 Å². The lowest BCUT2D eigenvalue weighted by molar-refractivity contribution is 0.199. The molecule has 2 aromatic rings. The standard InChI is InChI=1S/C17H18FNO/c1-10-7-13(8-11(2)16(10)18)17(19)15-9-12-5-3-4-6-14(12)20-15/h3-8,15,17H,9,19H2,1-2H3. The van der Waals surface area contributed by atoms with E-state index in [9.17, 15) is 4.39 Å². The number of para-hydroxylation sites is 1. The molecule has 0 radical (unpaired) electrons. The number of hydrogen-bond acceptors (Lipinski definition) is 2. The minimum Gasteiger partial charge on any atom is -0.488 e. The summed E-state index contributed by atoms with van der Waals surface area (Å²) in [5, 5.41) is 0. The number of halogens is 1. The summed E-state index contributed by atoms with van der Waals surface area (Å²) in [6.07, 6.45) is 0.712. The zero-order chi connectivity index (χ0) is 14.3. The van der Waals surface area contributed by atoms with E-state index < -0.39 is 0 Å². The molecule has 1 heterocycles. The summed E-state index contributed by atoms with van der Waals surface area (Å²) in [4.78, 5) is 0. The van der Waals surface area contributed by atoms with E-state index in [0.717, 1.165) is 17.7 Å². The monoisotopic (exact) mass is 271 g/mol. The lowest BCUT2D eigenvalue weighted by atomic mass is 9.95. The largest absolute Gasteiger partial charge is 0.488 e. The molecular formula is C17H18FNO. The van der Waals surface area contributed by atoms with Crippen LogP contribution in [0.4, 0.5) is 4.39 Å². The van der Waals surface area contributed by atoms with Crippen LogP contribution < -0.4 is 10.5 Å². The van der Waals surface area contributed by atoms with Crippen molar-refractivity contribution in [1.82, 2.24) is 0 Å². The van der Waals surface area contributed by atoms with Crippen molar-refractivity contribution in [3.05, 3.63) is 64.5 Å². The van der Waals surface area contributed by atoms with Crippen LogP contribution in [0.25, 0.3) is 0 Å². The van der Waals surface area contributed by atoms with Crippen LogP contribution in [0.2, 0.25) is 0 Å². The van der Waals surface area contributed by atoms with Gasteiger partial charge in [-0.15, -0.1) is 0 Å². The molecule has 0 bridgehead atoms. The molecule has 0 amide bonds. The van der Waals surface area contributed by atoms with E-state index in [1.165, 1.54) is 5.56 Å². The number of aryl methyl sites for hydroxylation is 2. The van der Waals surface area contributed by atoms with Gasteiger partial charge in [-0.1, -0.05) is 30.3 Å². The second kappa shape index (κ2) is 4.91. The number of fused-ring (bicyclic) bond motifs is 1. The minimum absolute atomic E-state index is 0.0864. The van der Waals surface area contributed by atoms with Crippen LogP contribution in [0.5, 0.6) is 5.75 Å². The van der Waals surface area contributed by atoms with E-state index in [4.69, 9.17) is 10.5 Å². The number of rotatable bonds is 2. The first kappa shape index (κ1) is 13.1. The molecule has 0 aromatic heterocycles. The second-order valence-electron chi connectivity index (χ2n) is 5.46. The van der Waals surface area contributed by atoms with Crippen LogP contribution in [0.1, 0.15) is 28.3 Å². The Morgan fingerprint density at radius 3 is 2.50 bits per heavy atom. The fraction of sp³-hybridized carbons (Fsp3) is 0.294. The third-order valence-electron chi connectivity index (χ3n) is 3.92. The topological polar surface area (TPSA) is 35.2 Å². The Labute approximate surface area is 118 Å². The van der Waals surface area contributed by atoms with Crippen LogP contribution in [0.15, 0.2) is 36.4 Å². The first-order valence-corrected chi connectivity index (χ1v) is 6.83. The van der Waals surface area contributed by atoms with Gasteiger partial charge in [0.25, 0.3) is 0 Å². The van der Waals surface area contributed by atoms with Crippen LogP contribution in [-0.2, 0) is 6.42 Å². The van der Waals surface area contributed by atoms with Crippen molar-refractivity contribution >= 4 is 0 Å². The first-order valence-electron chi connectivity index (χ1n) is 6.83. The van der Waals surface area contributed by atoms with Crippen molar-refractivity contribution in [2.24, 2.45) is 5.73 Å². The molecule has 0 saturated heterocycles. The molecule has 2 aromatic carbocycles. The lowest BCUT2D eigenvalue weighted by Crippen LogP contribution is -2.30. The van der Waals surface area contributed by atoms with Crippen molar-refractivity contribution in [1.29, 1.82) is 0 Å². The Hall–Kier alpha value is -1.87. The molecule has 2 unspecified atom stereocenters. The predicted molar refractivity (Wildman–Crippen MR) is 77.4 cm³/mol. The summed E-state index contributed by atoms with van der Waals surface area (Å²) in [6, 6.07) is 11.4. The van der Waals surface area contributed by atoms with E-state index in [1.54, 1.807) is 13.8 Å². The molecule has 3 heteroatoms. The molecule has 2 atom stereocenters. The smallest absolute Gasteiger partial charge is 0.129 e. The van der Waals surface area contributed by atoms with Gasteiger partial charge >= 0.3 is 0 Å². The maximum absolute atomic E-state index is 13.7. The van der Waals surface area contributed by atoms with Gasteiger partial charge in [0, 0.05) is 6.42 Å². The van der Waals surface area contributed by atoms with Gasteiger partial charge in [0.15, 0.2) is 0 Å². The van der Waals surface area contributed by atoms with Crippen LogP contribution in [-0.4, -0.2) is 6.10 Å². The maximum Gasteiger partial charge on any atom is 0.129 e. The first-order chi connectivity index (χ1) is 9.56. The summed E-state index contributed by atoms with van der Waals surface area (Å²) in [5.41, 5.74) is 9.69. The molecule has 20 heavy (non-hydrogen) atoms. The highest BCUT2D eigenvalue weighted by Gasteiger charge is 2.29. The Morgan fingerprint density at radius 1 is 1.20 bits per heavy atom. The molecule has 3 rings (SSSR count). The Kier molecular flexibility index (Phi) is 3.22. The summed E-state index contributed by atoms with van der Waals surface area (Å²) in [5.74, 6) is 0.750. The third-order valence-corrected chi connectivity index (χ3v) is 3.92. The fourth-order valence-electron chi connectivity index (χ4n) is 2.80. The van der Waals surface area contributed by atoms with Crippen LogP contribution in [0.3, 0.4) is 0 Å². The van der Waals surface area contributed by atoms with Gasteiger partial charge in [0.1, 0.15) is 17.7 Å². The molecule has 2 nitrogen and oxygen atoms in total. The molecule has 0 spiro atoms. The van der Waals surface area contributed by atoms with E-state index >= 15 is 0 Å². The molecule has 104 valence electrons. The summed E-state index contributed by atoms with van der Waals surface area (Å²) in [6.45, 7) is 3.53. The SMILES string of the molecule is Cc1cc(C(N)C2Cc3ccccc3O2)cc(C)c1F. The molecule has 0 aliphatic carbocycles. The molecule has 2 N–H and O–H groups in total. The third kappa shape index (κ3) is 2.18. The van der Waals surface area contributed by atoms with Gasteiger partial charge in [-0.25, -0.2) is 4.39 Å². The number of ether oxygens (including phenoxy) is 1. The van der Waals surface area contributed by atoms with Crippen molar-refractivity contribution in [2.45, 2.75) is 32.4 Å². The summed E-state index contributed by atoms with van der Waals surface area (Å²) < 4.78 is 19.6. The summed E-state index contributed by atoms with van der Waals surface area (Å²) >= 11 is 0. The Balaban J connectivity index is 1.86. The lowest BCUT2D eigenvalue weighted by Gasteiger charge is -2.20. The Bertz CT molecular complexity index is 605. The maximum atomic E-state index is 13.7. The highest BCUT2D eigenvalue weighted by molar-refractivity contribution is 5.39. The second-order valence-corrected chi connectivity index (χ2v) is 5.46. The Morgan fingerprint density at radius 2 is 1.85 bits per heavy atom. The van der Waals surface area contributed by atoms with Gasteiger partial charge in [0.2, 0.25) is 0 Å². The van der Waals surface area contributed by atoms with Crippen molar-refractivity contribution < 1.29 is 9.13 Å². The van der Waals surface area contributed by atoms with Gasteiger partial charge in [-0.3, -0.25) is 0 Å². The average molecular weight is 271 g/mol. The number of benzene rings is 2. The van der Waals surface area contributed by atoms with Crippen LogP contribution >= 0.6 is 0 Å². The van der Waals surface area contributed by atoms with Crippen molar-refractivity contribution in [3.63, 3.8) is 0 Å². The molecular weight excluding hydrogens is 253 g/mol. The summed E-state index contributed by atoms with van der Waals surface area (Å²) in [7, 11) is 0. The zero-order valence-electron chi connectivity index (χ0n) is 11.7. The van der Waals surface area contributed by atoms with Gasteiger partial charge in [0.05, 0.1) is 6.04 Å². The highest BCUT2D eigenvalue weighted by atomic mass is 19.1.